The summed E-state index contributed by atoms with van der Waals surface area (Å²) in [6.07, 6.45) is -5.34. The Kier molecular flexibility index (Phi) is 7.25. The molecule has 0 saturated carbocycles. The van der Waals surface area contributed by atoms with Crippen molar-refractivity contribution in [2.24, 2.45) is 5.92 Å². The molecular weight excluding hydrogens is 443 g/mol. The van der Waals surface area contributed by atoms with Crippen molar-refractivity contribution in [3.63, 3.8) is 0 Å². The minimum Gasteiger partial charge on any atom is -0.481 e. The summed E-state index contributed by atoms with van der Waals surface area (Å²) in [7, 11) is 1.02. The molecule has 1 fully saturated rings. The number of halogens is 3. The van der Waals surface area contributed by atoms with Crippen molar-refractivity contribution < 1.29 is 42.1 Å². The van der Waals surface area contributed by atoms with Crippen molar-refractivity contribution in [1.29, 1.82) is 0 Å². The molecule has 0 bridgehead atoms. The monoisotopic (exact) mass is 465 g/mol. The van der Waals surface area contributed by atoms with Crippen LogP contribution in [0.5, 0.6) is 0 Å². The van der Waals surface area contributed by atoms with E-state index in [2.05, 4.69) is 4.74 Å². The zero-order valence-corrected chi connectivity index (χ0v) is 17.7. The number of hydrogen-bond donors (Lipinski definition) is 1. The number of carbonyl (C=O) groups excluding carboxylic acids is 2. The predicted octanol–water partition coefficient (Wildman–Crippen LogP) is 4.32. The van der Waals surface area contributed by atoms with Crippen molar-refractivity contribution in [1.82, 2.24) is 4.90 Å². The Hall–Kier alpha value is -3.56. The maximum Gasteiger partial charge on any atom is 0.416 e. The topological polar surface area (TPSA) is 93.1 Å². The third-order valence-electron chi connectivity index (χ3n) is 5.58. The van der Waals surface area contributed by atoms with Gasteiger partial charge in [-0.05, 0) is 29.7 Å². The first kappa shape index (κ1) is 24.1. The highest BCUT2D eigenvalue weighted by molar-refractivity contribution is 5.92. The Morgan fingerprint density at radius 3 is 2.42 bits per heavy atom. The molecule has 0 aromatic heterocycles. The van der Waals surface area contributed by atoms with E-state index in [1.165, 1.54) is 4.90 Å². The minimum atomic E-state index is -4.70. The summed E-state index contributed by atoms with van der Waals surface area (Å²) in [5, 5.41) is 9.69. The number of alkyl halides is 3. The molecule has 7 nitrogen and oxygen atoms in total. The van der Waals surface area contributed by atoms with E-state index in [0.717, 1.165) is 24.8 Å². The third-order valence-corrected chi connectivity index (χ3v) is 5.58. The molecule has 2 aromatic rings. The fourth-order valence-corrected chi connectivity index (χ4v) is 3.88. The highest BCUT2D eigenvalue weighted by Gasteiger charge is 2.40. The molecule has 1 heterocycles. The zero-order valence-electron chi connectivity index (χ0n) is 17.7. The van der Waals surface area contributed by atoms with Crippen LogP contribution in [-0.2, 0) is 27.1 Å². The van der Waals surface area contributed by atoms with Gasteiger partial charge in [0.05, 0.1) is 24.2 Å². The van der Waals surface area contributed by atoms with Crippen LogP contribution in [0.1, 0.15) is 39.4 Å². The maximum absolute atomic E-state index is 13.2. The number of benzene rings is 2. The molecule has 0 spiro atoms. The number of carboxylic acid groups (broad SMARTS) is 1. The molecule has 1 amide bonds. The Morgan fingerprint density at radius 2 is 1.82 bits per heavy atom. The van der Waals surface area contributed by atoms with E-state index in [-0.39, 0.29) is 37.2 Å². The van der Waals surface area contributed by atoms with Gasteiger partial charge < -0.3 is 19.5 Å². The normalized spacial score (nSPS) is 18.5. The molecule has 33 heavy (non-hydrogen) atoms. The summed E-state index contributed by atoms with van der Waals surface area (Å²) in [6.45, 7) is -0.0356. The Labute approximate surface area is 187 Å². The van der Waals surface area contributed by atoms with Crippen LogP contribution in [0.25, 0.3) is 0 Å². The summed E-state index contributed by atoms with van der Waals surface area (Å²) >= 11 is 0. The maximum atomic E-state index is 13.2. The molecule has 1 N–H and O–H groups in total. The quantitative estimate of drug-likeness (QED) is 0.662. The number of piperidine rings is 1. The highest BCUT2D eigenvalue weighted by Crippen LogP contribution is 2.38. The lowest BCUT2D eigenvalue weighted by atomic mass is 9.78. The van der Waals surface area contributed by atoms with Crippen molar-refractivity contribution in [2.45, 2.75) is 25.1 Å². The molecule has 2 aromatic carbocycles. The number of aliphatic carboxylic acids is 1. The van der Waals surface area contributed by atoms with Crippen LogP contribution < -0.4 is 0 Å². The number of methoxy groups -OCH3 is 1. The first-order valence-electron chi connectivity index (χ1n) is 10.1. The molecule has 176 valence electrons. The van der Waals surface area contributed by atoms with Gasteiger partial charge in [0.2, 0.25) is 0 Å². The fraction of sp³-hybridized carbons (Fsp3) is 0.348. The van der Waals surface area contributed by atoms with Crippen molar-refractivity contribution in [3.05, 3.63) is 70.8 Å². The van der Waals surface area contributed by atoms with Gasteiger partial charge in [0.25, 0.3) is 0 Å². The molecule has 0 aliphatic carbocycles. The van der Waals surface area contributed by atoms with Gasteiger partial charge in [-0.15, -0.1) is 0 Å². The molecule has 1 aliphatic rings. The van der Waals surface area contributed by atoms with Crippen LogP contribution in [0, 0.1) is 5.92 Å². The lowest BCUT2D eigenvalue weighted by Gasteiger charge is -2.37. The standard InChI is InChI=1S/C23H22F3NO6/c1-32-21(30)18-11-15(23(24,25)26)7-8-16(18)19-12-27(10-9-17(19)20(28)29)22(31)33-13-14-5-3-2-4-6-14/h2-8,11,17,19H,9-10,12-13H2,1H3,(H,28,29). The largest absolute Gasteiger partial charge is 0.481 e. The van der Waals surface area contributed by atoms with Crippen LogP contribution >= 0.6 is 0 Å². The molecule has 1 aliphatic heterocycles. The minimum absolute atomic E-state index is 0.0108. The van der Waals surface area contributed by atoms with Gasteiger partial charge in [-0.2, -0.15) is 13.2 Å². The Balaban J connectivity index is 1.89. The number of ether oxygens (including phenoxy) is 2. The molecule has 0 radical (unpaired) electrons. The average Bonchev–Trinajstić information content (AvgIpc) is 2.81. The van der Waals surface area contributed by atoms with E-state index >= 15 is 0 Å². The number of hydrogen-bond acceptors (Lipinski definition) is 5. The number of amides is 1. The van der Waals surface area contributed by atoms with Gasteiger partial charge in [-0.25, -0.2) is 9.59 Å². The van der Waals surface area contributed by atoms with Gasteiger partial charge >= 0.3 is 24.2 Å². The van der Waals surface area contributed by atoms with Gasteiger partial charge in [0.1, 0.15) is 6.61 Å². The van der Waals surface area contributed by atoms with E-state index in [0.29, 0.717) is 6.07 Å². The van der Waals surface area contributed by atoms with E-state index in [1.807, 2.05) is 6.07 Å². The second-order valence-corrected chi connectivity index (χ2v) is 7.62. The summed E-state index contributed by atoms with van der Waals surface area (Å²) < 4.78 is 49.5. The second kappa shape index (κ2) is 9.93. The summed E-state index contributed by atoms with van der Waals surface area (Å²) in [5.41, 5.74) is -0.613. The van der Waals surface area contributed by atoms with Gasteiger partial charge in [0, 0.05) is 19.0 Å². The van der Waals surface area contributed by atoms with Crippen molar-refractivity contribution >= 4 is 18.0 Å². The molecule has 3 rings (SSSR count). The molecule has 2 atom stereocenters. The third kappa shape index (κ3) is 5.63. The molecule has 2 unspecified atom stereocenters. The van der Waals surface area contributed by atoms with Crippen LogP contribution in [0.2, 0.25) is 0 Å². The number of nitrogens with zero attached hydrogens (tertiary/aromatic N) is 1. The zero-order chi connectivity index (χ0) is 24.2. The van der Waals surface area contributed by atoms with Crippen LogP contribution in [0.4, 0.5) is 18.0 Å². The first-order valence-corrected chi connectivity index (χ1v) is 10.1. The smallest absolute Gasteiger partial charge is 0.416 e. The number of carboxylic acids is 1. The molecule has 1 saturated heterocycles. The summed E-state index contributed by atoms with van der Waals surface area (Å²) in [6, 6.07) is 11.5. The second-order valence-electron chi connectivity index (χ2n) is 7.62. The summed E-state index contributed by atoms with van der Waals surface area (Å²) in [5.74, 6) is -4.14. The number of carbonyl (C=O) groups is 3. The lowest BCUT2D eigenvalue weighted by molar-refractivity contribution is -0.144. The Morgan fingerprint density at radius 1 is 1.12 bits per heavy atom. The number of rotatable bonds is 5. The van der Waals surface area contributed by atoms with Gasteiger partial charge in [-0.1, -0.05) is 36.4 Å². The SMILES string of the molecule is COC(=O)c1cc(C(F)(F)F)ccc1C1CN(C(=O)OCc2ccccc2)CCC1C(=O)O. The average molecular weight is 465 g/mol. The number of likely N-dealkylation sites (tertiary alicyclic amines) is 1. The number of esters is 1. The van der Waals surface area contributed by atoms with Crippen molar-refractivity contribution in [3.8, 4) is 0 Å². The fourth-order valence-electron chi connectivity index (χ4n) is 3.88. The Bertz CT molecular complexity index is 1020. The van der Waals surface area contributed by atoms with Gasteiger partial charge in [0.15, 0.2) is 0 Å². The van der Waals surface area contributed by atoms with E-state index in [1.54, 1.807) is 24.3 Å². The van der Waals surface area contributed by atoms with Crippen molar-refractivity contribution in [2.75, 3.05) is 20.2 Å². The summed E-state index contributed by atoms with van der Waals surface area (Å²) in [4.78, 5) is 38.0. The predicted molar refractivity (Wildman–Crippen MR) is 109 cm³/mol. The van der Waals surface area contributed by atoms with Crippen LogP contribution in [0.3, 0.4) is 0 Å². The van der Waals surface area contributed by atoms with E-state index in [4.69, 9.17) is 4.74 Å². The highest BCUT2D eigenvalue weighted by atomic mass is 19.4. The van der Waals surface area contributed by atoms with E-state index in [9.17, 15) is 32.7 Å². The van der Waals surface area contributed by atoms with Gasteiger partial charge in [-0.3, -0.25) is 4.79 Å². The van der Waals surface area contributed by atoms with Crippen LogP contribution in [-0.4, -0.2) is 48.2 Å². The molecular formula is C23H22F3NO6. The molecule has 10 heteroatoms. The first-order chi connectivity index (χ1) is 15.6. The van der Waals surface area contributed by atoms with E-state index < -0.39 is 41.6 Å². The lowest BCUT2D eigenvalue weighted by Crippen LogP contribution is -2.45. The van der Waals surface area contributed by atoms with Crippen LogP contribution in [0.15, 0.2) is 48.5 Å².